The molecule has 4 nitrogen and oxygen atoms in total. The van der Waals surface area contributed by atoms with Crippen molar-refractivity contribution in [1.82, 2.24) is 10.2 Å². The summed E-state index contributed by atoms with van der Waals surface area (Å²) in [5.41, 5.74) is 0.509. The van der Waals surface area contributed by atoms with Crippen LogP contribution in [0.15, 0.2) is 24.3 Å². The Hall–Kier alpha value is -1.55. The number of piperazine rings is 1. The molecule has 1 aromatic carbocycles. The van der Waals surface area contributed by atoms with Gasteiger partial charge in [-0.25, -0.2) is 0 Å². The van der Waals surface area contributed by atoms with Gasteiger partial charge in [-0.15, -0.1) is 0 Å². The van der Waals surface area contributed by atoms with E-state index in [2.05, 4.69) is 5.32 Å². The number of nitrogens with zero attached hydrogens (tertiary/aromatic N) is 1. The first-order valence-corrected chi connectivity index (χ1v) is 7.32. The van der Waals surface area contributed by atoms with E-state index in [4.69, 9.17) is 11.6 Å². The van der Waals surface area contributed by atoms with Crippen LogP contribution in [-0.2, 0) is 15.0 Å². The van der Waals surface area contributed by atoms with Crippen LogP contribution in [0.1, 0.15) is 24.8 Å². The van der Waals surface area contributed by atoms with E-state index in [1.54, 1.807) is 4.90 Å². The van der Waals surface area contributed by atoms with Gasteiger partial charge in [-0.2, -0.15) is 0 Å². The average molecular weight is 293 g/mol. The summed E-state index contributed by atoms with van der Waals surface area (Å²) in [6.07, 6.45) is 2.72. The van der Waals surface area contributed by atoms with Crippen LogP contribution in [0.5, 0.6) is 0 Å². The third-order valence-electron chi connectivity index (χ3n) is 4.32. The molecule has 1 aliphatic carbocycles. The molecule has 0 bridgehead atoms. The first-order valence-electron chi connectivity index (χ1n) is 6.94. The molecule has 5 heteroatoms. The zero-order valence-corrected chi connectivity index (χ0v) is 11.9. The Morgan fingerprint density at radius 3 is 2.75 bits per heavy atom. The Morgan fingerprint density at radius 1 is 1.35 bits per heavy atom. The molecule has 2 aliphatic rings. The Morgan fingerprint density at radius 2 is 2.15 bits per heavy atom. The fourth-order valence-electron chi connectivity index (χ4n) is 3.06. The maximum Gasteiger partial charge on any atom is 0.239 e. The first-order chi connectivity index (χ1) is 9.62. The van der Waals surface area contributed by atoms with E-state index in [0.717, 1.165) is 24.8 Å². The summed E-state index contributed by atoms with van der Waals surface area (Å²) >= 11 is 6.06. The van der Waals surface area contributed by atoms with Gasteiger partial charge in [0.05, 0.1) is 12.0 Å². The lowest BCUT2D eigenvalue weighted by Crippen LogP contribution is -2.57. The van der Waals surface area contributed by atoms with Crippen molar-refractivity contribution in [2.24, 2.45) is 0 Å². The molecule has 3 rings (SSSR count). The third kappa shape index (κ3) is 2.18. The molecule has 0 radical (unpaired) electrons. The van der Waals surface area contributed by atoms with E-state index in [9.17, 15) is 9.59 Å². The molecule has 20 heavy (non-hydrogen) atoms. The summed E-state index contributed by atoms with van der Waals surface area (Å²) in [6, 6.07) is 7.54. The highest BCUT2D eigenvalue weighted by molar-refractivity contribution is 6.30. The standard InChI is InChI=1S/C15H17ClN2O2/c16-12-4-1-3-11(9-12)15(5-2-6-15)14(20)18-8-7-17-13(19)10-18/h1,3-4,9H,2,5-8,10H2,(H,17,19). The Labute approximate surface area is 123 Å². The molecule has 1 aliphatic heterocycles. The Balaban J connectivity index is 1.88. The van der Waals surface area contributed by atoms with Crippen LogP contribution in [0.2, 0.25) is 5.02 Å². The molecule has 1 heterocycles. The number of carbonyl (C=O) groups is 2. The van der Waals surface area contributed by atoms with E-state index >= 15 is 0 Å². The van der Waals surface area contributed by atoms with Crippen molar-refractivity contribution >= 4 is 23.4 Å². The zero-order valence-electron chi connectivity index (χ0n) is 11.2. The van der Waals surface area contributed by atoms with Gasteiger partial charge in [0, 0.05) is 18.1 Å². The van der Waals surface area contributed by atoms with Crippen LogP contribution < -0.4 is 5.32 Å². The number of amides is 2. The number of benzene rings is 1. The monoisotopic (exact) mass is 292 g/mol. The van der Waals surface area contributed by atoms with Crippen LogP contribution in [0, 0.1) is 0 Å². The van der Waals surface area contributed by atoms with Crippen molar-refractivity contribution in [3.8, 4) is 0 Å². The van der Waals surface area contributed by atoms with Crippen LogP contribution in [-0.4, -0.2) is 36.3 Å². The van der Waals surface area contributed by atoms with Gasteiger partial charge < -0.3 is 10.2 Å². The second-order valence-electron chi connectivity index (χ2n) is 5.52. The predicted octanol–water partition coefficient (Wildman–Crippen LogP) is 1.72. The molecule has 1 N–H and O–H groups in total. The van der Waals surface area contributed by atoms with Gasteiger partial charge in [0.25, 0.3) is 0 Å². The van der Waals surface area contributed by atoms with Crippen molar-refractivity contribution in [3.05, 3.63) is 34.9 Å². The number of carbonyl (C=O) groups excluding carboxylic acids is 2. The predicted molar refractivity (Wildman–Crippen MR) is 76.6 cm³/mol. The second kappa shape index (κ2) is 5.09. The first kappa shape index (κ1) is 13.4. The molecule has 0 unspecified atom stereocenters. The maximum atomic E-state index is 12.9. The molecule has 1 saturated carbocycles. The van der Waals surface area contributed by atoms with E-state index < -0.39 is 5.41 Å². The highest BCUT2D eigenvalue weighted by Crippen LogP contribution is 2.45. The molecule has 0 aromatic heterocycles. The molecular formula is C15H17ClN2O2. The summed E-state index contributed by atoms with van der Waals surface area (Å²) in [5, 5.41) is 3.40. The Bertz CT molecular complexity index is 555. The van der Waals surface area contributed by atoms with Crippen LogP contribution in [0.25, 0.3) is 0 Å². The summed E-state index contributed by atoms with van der Waals surface area (Å²) in [6.45, 7) is 1.30. The second-order valence-corrected chi connectivity index (χ2v) is 5.96. The van der Waals surface area contributed by atoms with Gasteiger partial charge in [-0.3, -0.25) is 9.59 Å². The van der Waals surface area contributed by atoms with Gasteiger partial charge in [-0.1, -0.05) is 30.2 Å². The lowest BCUT2D eigenvalue weighted by atomic mass is 9.63. The lowest BCUT2D eigenvalue weighted by molar-refractivity contribution is -0.145. The summed E-state index contributed by atoms with van der Waals surface area (Å²) in [7, 11) is 0. The molecule has 2 amide bonds. The number of hydrogen-bond donors (Lipinski definition) is 1. The van der Waals surface area contributed by atoms with Crippen molar-refractivity contribution in [2.45, 2.75) is 24.7 Å². The van der Waals surface area contributed by atoms with Crippen molar-refractivity contribution in [3.63, 3.8) is 0 Å². The molecule has 1 aromatic rings. The quantitative estimate of drug-likeness (QED) is 0.902. The number of nitrogens with one attached hydrogen (secondary N) is 1. The number of halogens is 1. The molecule has 1 saturated heterocycles. The fourth-order valence-corrected chi connectivity index (χ4v) is 3.25. The SMILES string of the molecule is O=C1CN(C(=O)C2(c3cccc(Cl)c3)CCC2)CCN1. The van der Waals surface area contributed by atoms with Crippen LogP contribution in [0.4, 0.5) is 0 Å². The average Bonchev–Trinajstić information content (AvgIpc) is 2.37. The van der Waals surface area contributed by atoms with Crippen LogP contribution >= 0.6 is 11.6 Å². The lowest BCUT2D eigenvalue weighted by Gasteiger charge is -2.44. The summed E-state index contributed by atoms with van der Waals surface area (Å²) in [4.78, 5) is 26.0. The molecule has 0 atom stereocenters. The highest BCUT2D eigenvalue weighted by Gasteiger charge is 2.48. The zero-order chi connectivity index (χ0) is 14.2. The number of rotatable bonds is 2. The fraction of sp³-hybridized carbons (Fsp3) is 0.467. The minimum Gasteiger partial charge on any atom is -0.353 e. The van der Waals surface area contributed by atoms with E-state index in [0.29, 0.717) is 18.1 Å². The molecule has 0 spiro atoms. The van der Waals surface area contributed by atoms with E-state index in [1.165, 1.54) is 0 Å². The van der Waals surface area contributed by atoms with Gasteiger partial charge in [0.15, 0.2) is 0 Å². The van der Waals surface area contributed by atoms with Gasteiger partial charge in [-0.05, 0) is 30.5 Å². The summed E-state index contributed by atoms with van der Waals surface area (Å²) < 4.78 is 0. The van der Waals surface area contributed by atoms with Gasteiger partial charge in [0.1, 0.15) is 0 Å². The third-order valence-corrected chi connectivity index (χ3v) is 4.55. The molecule has 106 valence electrons. The maximum absolute atomic E-state index is 12.9. The van der Waals surface area contributed by atoms with Gasteiger partial charge in [0.2, 0.25) is 11.8 Å². The van der Waals surface area contributed by atoms with Gasteiger partial charge >= 0.3 is 0 Å². The highest BCUT2D eigenvalue weighted by atomic mass is 35.5. The minimum atomic E-state index is -0.470. The van der Waals surface area contributed by atoms with Crippen LogP contribution in [0.3, 0.4) is 0 Å². The topological polar surface area (TPSA) is 49.4 Å². The normalized spacial score (nSPS) is 21.1. The smallest absolute Gasteiger partial charge is 0.239 e. The molecule has 2 fully saturated rings. The number of hydrogen-bond acceptors (Lipinski definition) is 2. The van der Waals surface area contributed by atoms with E-state index in [-0.39, 0.29) is 18.4 Å². The molecular weight excluding hydrogens is 276 g/mol. The largest absolute Gasteiger partial charge is 0.353 e. The Kier molecular flexibility index (Phi) is 3.42. The summed E-state index contributed by atoms with van der Waals surface area (Å²) in [5.74, 6) is -0.00830. The minimum absolute atomic E-state index is 0.0702. The van der Waals surface area contributed by atoms with Crippen molar-refractivity contribution in [2.75, 3.05) is 19.6 Å². The van der Waals surface area contributed by atoms with E-state index in [1.807, 2.05) is 24.3 Å². The van der Waals surface area contributed by atoms with Crippen molar-refractivity contribution in [1.29, 1.82) is 0 Å². The van der Waals surface area contributed by atoms with Crippen molar-refractivity contribution < 1.29 is 9.59 Å².